The molecule has 0 aromatic heterocycles. The van der Waals surface area contributed by atoms with Gasteiger partial charge in [-0.15, -0.1) is 0 Å². The van der Waals surface area contributed by atoms with Crippen LogP contribution in [-0.2, 0) is 20.3 Å². The maximum Gasteiger partial charge on any atom is 0.360 e. The van der Waals surface area contributed by atoms with Crippen LogP contribution in [0.15, 0.2) is 0 Å². The fourth-order valence-corrected chi connectivity index (χ4v) is 2.50. The van der Waals surface area contributed by atoms with Crippen LogP contribution >= 0.6 is 0 Å². The molecule has 0 rings (SSSR count). The molecule has 0 aliphatic carbocycles. The molecule has 0 fully saturated rings. The van der Waals surface area contributed by atoms with E-state index in [1.165, 1.54) is 0 Å². The number of hydrogen-bond donors (Lipinski definition) is 1. The molecular weight excluding hydrogens is 220 g/mol. The molecule has 14 heavy (non-hydrogen) atoms. The van der Waals surface area contributed by atoms with E-state index in [9.17, 15) is 9.00 Å². The molecule has 4 nitrogen and oxygen atoms in total. The van der Waals surface area contributed by atoms with Gasteiger partial charge in [-0.25, -0.2) is 0 Å². The highest BCUT2D eigenvalue weighted by molar-refractivity contribution is 7.74. The Morgan fingerprint density at radius 2 is 2.00 bits per heavy atom. The van der Waals surface area contributed by atoms with Crippen LogP contribution in [0.2, 0.25) is 24.7 Å². The molecule has 0 spiro atoms. The normalized spacial score (nSPS) is 14.1. The van der Waals surface area contributed by atoms with Crippen molar-refractivity contribution >= 4 is 25.4 Å². The molecule has 0 aromatic rings. The van der Waals surface area contributed by atoms with Crippen LogP contribution < -0.4 is 0 Å². The lowest BCUT2D eigenvalue weighted by molar-refractivity contribution is -0.133. The average molecular weight is 238 g/mol. The Bertz CT molecular complexity index is 227. The summed E-state index contributed by atoms with van der Waals surface area (Å²) in [4.78, 5) is 11.0. The largest absolute Gasteiger partial charge is 0.360 e. The van der Waals surface area contributed by atoms with Crippen LogP contribution in [0.25, 0.3) is 0 Å². The van der Waals surface area contributed by atoms with Gasteiger partial charge in [-0.05, 0) is 6.04 Å². The fourth-order valence-electron chi connectivity index (χ4n) is 0.834. The summed E-state index contributed by atoms with van der Waals surface area (Å²) in [5.74, 6) is -0.591. The number of carbonyl (C=O) groups is 1. The number of hydrogen-bond acceptors (Lipinski definition) is 3. The third-order valence-corrected chi connectivity index (χ3v) is 7.69. The van der Waals surface area contributed by atoms with Gasteiger partial charge in [0.25, 0.3) is 0 Å². The Balaban J connectivity index is 3.94. The van der Waals surface area contributed by atoms with E-state index in [4.69, 9.17) is 4.55 Å². The highest BCUT2D eigenvalue weighted by Crippen LogP contribution is 2.25. The lowest BCUT2D eigenvalue weighted by Gasteiger charge is -2.26. The third kappa shape index (κ3) is 5.51. The molecule has 0 aliphatic heterocycles. The zero-order chi connectivity index (χ0) is 11.4. The Hall–Kier alpha value is -0.203. The zero-order valence-electron chi connectivity index (χ0n) is 9.07. The van der Waals surface area contributed by atoms with E-state index in [1.54, 1.807) is 0 Å². The summed E-state index contributed by atoms with van der Waals surface area (Å²) in [5, 5.41) is 0. The van der Waals surface area contributed by atoms with Crippen molar-refractivity contribution in [3.63, 3.8) is 0 Å². The van der Waals surface area contributed by atoms with Crippen LogP contribution in [0.3, 0.4) is 0 Å². The minimum absolute atomic E-state index is 0.240. The van der Waals surface area contributed by atoms with E-state index < -0.39 is 25.4 Å². The highest BCUT2D eigenvalue weighted by Gasteiger charge is 2.26. The summed E-state index contributed by atoms with van der Waals surface area (Å²) in [6.07, 6.45) is 0.240. The summed E-state index contributed by atoms with van der Waals surface area (Å²) in [6, 6.07) is 0.792. The first-order valence-electron chi connectivity index (χ1n) is 4.57. The molecule has 0 heterocycles. The number of rotatable bonds is 5. The molecule has 1 N–H and O–H groups in total. The van der Waals surface area contributed by atoms with Gasteiger partial charge in [-0.3, -0.25) is 9.35 Å². The SMILES string of the molecule is CC(C)[Si](C)(C)CCC(=O)OS(=O)O. The first-order chi connectivity index (χ1) is 6.25. The van der Waals surface area contributed by atoms with Crippen LogP contribution in [0, 0.1) is 0 Å². The van der Waals surface area contributed by atoms with Gasteiger partial charge >= 0.3 is 17.3 Å². The minimum atomic E-state index is -2.47. The van der Waals surface area contributed by atoms with E-state index in [2.05, 4.69) is 31.1 Å². The van der Waals surface area contributed by atoms with Gasteiger partial charge in [0.1, 0.15) is 0 Å². The molecule has 0 radical (unpaired) electrons. The van der Waals surface area contributed by atoms with Crippen molar-refractivity contribution in [2.24, 2.45) is 0 Å². The molecule has 0 aromatic carbocycles. The van der Waals surface area contributed by atoms with E-state index in [0.29, 0.717) is 5.54 Å². The third-order valence-electron chi connectivity index (χ3n) is 2.70. The lowest BCUT2D eigenvalue weighted by atomic mass is 10.5. The van der Waals surface area contributed by atoms with Crippen molar-refractivity contribution < 1.29 is 17.7 Å². The Kier molecular flexibility index (Phi) is 5.54. The summed E-state index contributed by atoms with van der Waals surface area (Å²) in [7, 11) is -1.38. The van der Waals surface area contributed by atoms with Gasteiger partial charge in [-0.2, -0.15) is 4.21 Å². The summed E-state index contributed by atoms with van der Waals surface area (Å²) >= 11 is -2.47. The molecular formula is C8H18O4SSi. The van der Waals surface area contributed by atoms with E-state index in [-0.39, 0.29) is 6.42 Å². The molecule has 0 saturated heterocycles. The monoisotopic (exact) mass is 238 g/mol. The maximum absolute atomic E-state index is 11.0. The predicted molar refractivity (Wildman–Crippen MR) is 58.9 cm³/mol. The molecule has 0 saturated carbocycles. The highest BCUT2D eigenvalue weighted by atomic mass is 32.2. The van der Waals surface area contributed by atoms with Crippen LogP contribution in [0.5, 0.6) is 0 Å². The summed E-state index contributed by atoms with van der Waals surface area (Å²) < 4.78 is 22.6. The quantitative estimate of drug-likeness (QED) is 0.589. The first-order valence-corrected chi connectivity index (χ1v) is 8.89. The van der Waals surface area contributed by atoms with Crippen LogP contribution in [-0.4, -0.2) is 22.8 Å². The van der Waals surface area contributed by atoms with Crippen LogP contribution in [0.4, 0.5) is 0 Å². The van der Waals surface area contributed by atoms with E-state index in [1.807, 2.05) is 0 Å². The second kappa shape index (κ2) is 5.62. The maximum atomic E-state index is 11.0. The zero-order valence-corrected chi connectivity index (χ0v) is 10.9. The second-order valence-electron chi connectivity index (χ2n) is 4.32. The molecule has 6 heteroatoms. The molecule has 1 atom stereocenters. The first kappa shape index (κ1) is 13.8. The fraction of sp³-hybridized carbons (Fsp3) is 0.875. The van der Waals surface area contributed by atoms with Crippen molar-refractivity contribution in [1.82, 2.24) is 0 Å². The van der Waals surface area contributed by atoms with Crippen molar-refractivity contribution in [2.45, 2.75) is 44.9 Å². The Labute approximate surface area is 88.5 Å². The standard InChI is InChI=1S/C8H18O4SSi/c1-7(2)14(3,4)6-5-8(9)12-13(10)11/h7H,5-6H2,1-4H3,(H,10,11). The Morgan fingerprint density at radius 3 is 2.36 bits per heavy atom. The minimum Gasteiger partial charge on any atom is -0.343 e. The van der Waals surface area contributed by atoms with Gasteiger partial charge in [0.15, 0.2) is 0 Å². The Morgan fingerprint density at radius 1 is 1.50 bits per heavy atom. The topological polar surface area (TPSA) is 63.6 Å². The van der Waals surface area contributed by atoms with E-state index >= 15 is 0 Å². The predicted octanol–water partition coefficient (Wildman–Crippen LogP) is 2.17. The van der Waals surface area contributed by atoms with Gasteiger partial charge in [-0.1, -0.05) is 32.5 Å². The van der Waals surface area contributed by atoms with Crippen LogP contribution in [0.1, 0.15) is 20.3 Å². The molecule has 0 amide bonds. The summed E-state index contributed by atoms with van der Waals surface area (Å²) in [6.45, 7) is 8.67. The molecule has 84 valence electrons. The lowest BCUT2D eigenvalue weighted by Crippen LogP contribution is -2.30. The summed E-state index contributed by atoms with van der Waals surface area (Å²) in [5.41, 5.74) is 0.593. The molecule has 1 unspecified atom stereocenters. The number of carbonyl (C=O) groups excluding carboxylic acids is 1. The van der Waals surface area contributed by atoms with Crippen molar-refractivity contribution in [1.29, 1.82) is 0 Å². The smallest absolute Gasteiger partial charge is 0.343 e. The van der Waals surface area contributed by atoms with Gasteiger partial charge in [0.2, 0.25) is 0 Å². The van der Waals surface area contributed by atoms with Gasteiger partial charge < -0.3 is 4.18 Å². The van der Waals surface area contributed by atoms with Gasteiger partial charge in [0, 0.05) is 6.42 Å². The average Bonchev–Trinajstić information content (AvgIpc) is 1.99. The van der Waals surface area contributed by atoms with Gasteiger partial charge in [0.05, 0.1) is 8.07 Å². The molecule has 0 bridgehead atoms. The van der Waals surface area contributed by atoms with E-state index in [0.717, 1.165) is 6.04 Å². The van der Waals surface area contributed by atoms with Crippen molar-refractivity contribution in [2.75, 3.05) is 0 Å². The van der Waals surface area contributed by atoms with Crippen molar-refractivity contribution in [3.8, 4) is 0 Å². The molecule has 0 aliphatic rings. The van der Waals surface area contributed by atoms with Crippen molar-refractivity contribution in [3.05, 3.63) is 0 Å². The second-order valence-corrected chi connectivity index (χ2v) is 10.5.